The summed E-state index contributed by atoms with van der Waals surface area (Å²) in [6.07, 6.45) is 17.8. The molecule has 0 aromatic rings. The van der Waals surface area contributed by atoms with Crippen molar-refractivity contribution in [2.75, 3.05) is 27.4 Å². The molecule has 1 unspecified atom stereocenters. The van der Waals surface area contributed by atoms with Gasteiger partial charge in [0.2, 0.25) is 0 Å². The molecule has 0 aliphatic heterocycles. The van der Waals surface area contributed by atoms with Crippen LogP contribution in [0.25, 0.3) is 0 Å². The average Bonchev–Trinajstić information content (AvgIpc) is 3.02. The Balaban J connectivity index is 0.00000900. The van der Waals surface area contributed by atoms with Gasteiger partial charge in [0.1, 0.15) is 6.10 Å². The fraction of sp³-hybridized carbons (Fsp3) is 0.958. The van der Waals surface area contributed by atoms with Gasteiger partial charge in [0.15, 0.2) is 5.11 Å². The first-order valence-corrected chi connectivity index (χ1v) is 12.8. The van der Waals surface area contributed by atoms with Crippen molar-refractivity contribution in [3.05, 3.63) is 0 Å². The smallest absolute Gasteiger partial charge is 0.166 e. The van der Waals surface area contributed by atoms with Crippen LogP contribution in [-0.2, 0) is 42.2 Å². The van der Waals surface area contributed by atoms with Gasteiger partial charge in [0.25, 0.3) is 0 Å². The Morgan fingerprint density at radius 1 is 0.903 bits per heavy atom. The van der Waals surface area contributed by atoms with E-state index in [1.807, 2.05) is 0 Å². The Bertz CT molecular complexity index is 432. The summed E-state index contributed by atoms with van der Waals surface area (Å²) in [4.78, 5) is 0. The van der Waals surface area contributed by atoms with Gasteiger partial charge in [-0.2, -0.15) is 0 Å². The molecule has 0 saturated heterocycles. The van der Waals surface area contributed by atoms with Crippen molar-refractivity contribution in [2.24, 2.45) is 5.92 Å². The van der Waals surface area contributed by atoms with Crippen LogP contribution in [-0.4, -0.2) is 55.8 Å². The average molecular weight is 534 g/mol. The maximum Gasteiger partial charge on any atom is 0.166 e. The van der Waals surface area contributed by atoms with E-state index in [-0.39, 0.29) is 50.8 Å². The Hall–Kier alpha value is 0.674. The van der Waals surface area contributed by atoms with Crippen LogP contribution < -0.4 is 10.6 Å². The Labute approximate surface area is 222 Å². The largest absolute Gasteiger partial charge is 0.390 e. The van der Waals surface area contributed by atoms with E-state index in [1.165, 1.54) is 77.0 Å². The zero-order valence-corrected chi connectivity index (χ0v) is 24.0. The number of rotatable bonds is 18. The molecule has 0 aromatic carbocycles. The van der Waals surface area contributed by atoms with Crippen LogP contribution in [0.5, 0.6) is 0 Å². The molecule has 181 valence electrons. The number of methoxy groups -OCH3 is 2. The van der Waals surface area contributed by atoms with Crippen LogP contribution in [0.15, 0.2) is 0 Å². The molecule has 1 aliphatic carbocycles. The van der Waals surface area contributed by atoms with Crippen LogP contribution in [0, 0.1) is 5.92 Å². The number of thiocarbonyl (C=S) groups is 1. The van der Waals surface area contributed by atoms with Gasteiger partial charge in [0.05, 0.1) is 18.8 Å². The normalized spacial score (nSPS) is 22.8. The Kier molecular flexibility index (Phi) is 21.7. The molecule has 0 aromatic heterocycles. The first-order chi connectivity index (χ1) is 14.6. The molecule has 5 nitrogen and oxygen atoms in total. The molecule has 1 fully saturated rings. The summed E-state index contributed by atoms with van der Waals surface area (Å²) in [7, 11) is 3.30. The van der Waals surface area contributed by atoms with E-state index in [0.29, 0.717) is 11.7 Å². The van der Waals surface area contributed by atoms with Gasteiger partial charge in [-0.1, -0.05) is 84.0 Å². The van der Waals surface area contributed by atoms with Gasteiger partial charge >= 0.3 is 0 Å². The van der Waals surface area contributed by atoms with Crippen molar-refractivity contribution >= 4 is 17.3 Å². The van der Waals surface area contributed by atoms with Crippen molar-refractivity contribution in [1.82, 2.24) is 10.6 Å². The monoisotopic (exact) mass is 533 g/mol. The summed E-state index contributed by atoms with van der Waals surface area (Å²) in [5, 5.41) is 17.7. The van der Waals surface area contributed by atoms with Crippen molar-refractivity contribution in [3.8, 4) is 0 Å². The minimum atomic E-state index is -0.517. The summed E-state index contributed by atoms with van der Waals surface area (Å²) in [5.74, 6) is 0.0845. The second-order valence-corrected chi connectivity index (χ2v) is 9.30. The number of ether oxygens (including phenoxy) is 2. The number of unbranched alkanes of at least 4 members (excludes halogenated alkanes) is 12. The van der Waals surface area contributed by atoms with Gasteiger partial charge in [-0.25, -0.2) is 0 Å². The van der Waals surface area contributed by atoms with Crippen LogP contribution in [0.2, 0.25) is 0 Å². The molecule has 0 amide bonds. The van der Waals surface area contributed by atoms with E-state index in [2.05, 4.69) is 17.6 Å². The van der Waals surface area contributed by atoms with E-state index in [0.717, 1.165) is 19.4 Å². The van der Waals surface area contributed by atoms with Crippen molar-refractivity contribution < 1.29 is 47.3 Å². The molecule has 0 bridgehead atoms. The summed E-state index contributed by atoms with van der Waals surface area (Å²) in [5.41, 5.74) is 0. The van der Waals surface area contributed by atoms with Crippen LogP contribution in [0.4, 0.5) is 0 Å². The van der Waals surface area contributed by atoms with Gasteiger partial charge in [-0.05, 0) is 25.1 Å². The zero-order chi connectivity index (χ0) is 22.0. The molecule has 4 atom stereocenters. The second-order valence-electron chi connectivity index (χ2n) is 8.89. The van der Waals surface area contributed by atoms with Crippen molar-refractivity contribution in [1.29, 1.82) is 0 Å². The maximum atomic E-state index is 10.4. The van der Waals surface area contributed by atoms with E-state index in [4.69, 9.17) is 21.7 Å². The molecule has 0 heterocycles. The quantitative estimate of drug-likeness (QED) is 0.171. The molecule has 31 heavy (non-hydrogen) atoms. The van der Waals surface area contributed by atoms with Gasteiger partial charge in [0, 0.05) is 59.4 Å². The first-order valence-electron chi connectivity index (χ1n) is 12.4. The summed E-state index contributed by atoms with van der Waals surface area (Å²) >= 11 is 5.44. The van der Waals surface area contributed by atoms with Gasteiger partial charge in [-0.15, -0.1) is 0 Å². The third-order valence-electron chi connectivity index (χ3n) is 6.31. The molecule has 1 radical (unpaired) electrons. The van der Waals surface area contributed by atoms with E-state index >= 15 is 0 Å². The Morgan fingerprint density at radius 2 is 1.42 bits per heavy atom. The molecule has 7 heteroatoms. The third kappa shape index (κ3) is 14.5. The fourth-order valence-corrected chi connectivity index (χ4v) is 4.75. The van der Waals surface area contributed by atoms with Crippen LogP contribution in [0.1, 0.15) is 96.8 Å². The molecule has 1 aliphatic rings. The number of aliphatic hydroxyl groups is 1. The maximum absolute atomic E-state index is 10.4. The van der Waals surface area contributed by atoms with Crippen LogP contribution in [0.3, 0.4) is 0 Å². The predicted octanol–water partition coefficient (Wildman–Crippen LogP) is 4.95. The summed E-state index contributed by atoms with van der Waals surface area (Å²) in [6.45, 7) is 3.72. The molecule has 3 N–H and O–H groups in total. The van der Waals surface area contributed by atoms with E-state index in [1.54, 1.807) is 14.2 Å². The SMILES string of the molecule is CCCCCCCCCCCCCCCNC(=S)N[C@H]1C[C@H](COC)C(O)[C@@H]1OC.[Y]. The first kappa shape index (κ1) is 31.7. The van der Waals surface area contributed by atoms with Crippen molar-refractivity contribution in [3.63, 3.8) is 0 Å². The zero-order valence-electron chi connectivity index (χ0n) is 20.4. The second kappa shape index (κ2) is 21.2. The van der Waals surface area contributed by atoms with E-state index < -0.39 is 6.10 Å². The number of nitrogens with one attached hydrogen (secondary N) is 2. The minimum Gasteiger partial charge on any atom is -0.390 e. The van der Waals surface area contributed by atoms with E-state index in [9.17, 15) is 5.11 Å². The summed E-state index contributed by atoms with van der Waals surface area (Å²) < 4.78 is 10.7. The molecule has 1 saturated carbocycles. The number of hydrogen-bond acceptors (Lipinski definition) is 4. The van der Waals surface area contributed by atoms with Gasteiger partial charge < -0.3 is 25.2 Å². The molecule has 0 spiro atoms. The number of aliphatic hydroxyl groups excluding tert-OH is 1. The Morgan fingerprint density at radius 3 is 1.90 bits per heavy atom. The van der Waals surface area contributed by atoms with Crippen molar-refractivity contribution in [2.45, 2.75) is 115 Å². The minimum absolute atomic E-state index is 0. The predicted molar refractivity (Wildman–Crippen MR) is 130 cm³/mol. The topological polar surface area (TPSA) is 62.8 Å². The fourth-order valence-electron chi connectivity index (χ4n) is 4.50. The standard InChI is InChI=1S/C24H48N2O3S.Y/c1-4-5-6-7-8-9-10-11-12-13-14-15-16-17-25-24(30)26-21-18-20(19-28-2)22(27)23(21)29-3;/h20-23,27H,4-19H2,1-3H3,(H2,25,26,30);/t20-,21+,22?,23-;/m1./s1. The third-order valence-corrected chi connectivity index (χ3v) is 6.57. The molecule has 1 rings (SSSR count). The molecular weight excluding hydrogens is 485 g/mol. The van der Waals surface area contributed by atoms with Crippen LogP contribution >= 0.6 is 12.2 Å². The number of hydrogen-bond donors (Lipinski definition) is 3. The van der Waals surface area contributed by atoms with Gasteiger partial charge in [-0.3, -0.25) is 0 Å². The summed E-state index contributed by atoms with van der Waals surface area (Å²) in [6, 6.07) is 0.0248. The molecular formula is C24H48N2O3SY.